The van der Waals surface area contributed by atoms with Gasteiger partial charge in [-0.25, -0.2) is 8.78 Å². The third-order valence-electron chi connectivity index (χ3n) is 5.24. The summed E-state index contributed by atoms with van der Waals surface area (Å²) < 4.78 is 31.1. The number of rotatable bonds is 10. The summed E-state index contributed by atoms with van der Waals surface area (Å²) in [5.74, 6) is -0.262. The van der Waals surface area contributed by atoms with Gasteiger partial charge in [0.2, 0.25) is 0 Å². The van der Waals surface area contributed by atoms with Gasteiger partial charge in [-0.2, -0.15) is 25.7 Å². The van der Waals surface area contributed by atoms with Gasteiger partial charge in [0.1, 0.15) is 17.4 Å². The number of hydrogen-bond acceptors (Lipinski definition) is 4. The van der Waals surface area contributed by atoms with Crippen molar-refractivity contribution in [3.63, 3.8) is 0 Å². The number of benzene rings is 2. The summed E-state index contributed by atoms with van der Waals surface area (Å²) in [7, 11) is 0. The molecule has 0 aliphatic carbocycles. The minimum Gasteiger partial charge on any atom is -0.609 e. The van der Waals surface area contributed by atoms with E-state index in [2.05, 4.69) is 45.3 Å². The van der Waals surface area contributed by atoms with Crippen LogP contribution in [-0.2, 0) is 72.8 Å². The molecule has 0 saturated carbocycles. The van der Waals surface area contributed by atoms with Crippen molar-refractivity contribution >= 4 is 18.5 Å². The number of ketones is 1. The summed E-state index contributed by atoms with van der Waals surface area (Å²) in [6, 6.07) is 7.36. The number of Topliss-reactive ketones (excluding diaryl/α,β-unsaturated/α-hetero) is 1. The summed E-state index contributed by atoms with van der Waals surface area (Å²) in [6.45, 7) is 13.3. The first-order chi connectivity index (χ1) is 16.7. The maximum Gasteiger partial charge on any atom is 2.00 e. The Balaban J connectivity index is -0.000000271. The second-order valence-corrected chi connectivity index (χ2v) is 7.69. The Morgan fingerprint density at radius 1 is 1.00 bits per heavy atom. The molecule has 2 atom stereocenters. The number of allylic oxidation sites excluding steroid dienone is 2. The standard InChI is InChI=1S/C15H9F2O3.C8H16.C6H9O.3W/c1-9(19)13-6-10(2-5-15(13)20-8-18)12-4-3-11(16)7-14(12)17;1-5-7(3)8(4)6-2;1-2-3-4-5-6-7;;;/h2-7H,1H3;5-8H,1-4H3;3-4H,2,5H2,1H3;;;/q-1;-2;-1;;2*+2/b;;4-3-;;;. The van der Waals surface area contributed by atoms with Crippen molar-refractivity contribution in [2.45, 2.75) is 54.4 Å². The minimum atomic E-state index is -0.741. The first-order valence-corrected chi connectivity index (χ1v) is 11.4. The van der Waals surface area contributed by atoms with Crippen molar-refractivity contribution in [1.29, 1.82) is 0 Å². The van der Waals surface area contributed by atoms with Crippen LogP contribution in [0.5, 0.6) is 5.75 Å². The third kappa shape index (κ3) is 17.5. The van der Waals surface area contributed by atoms with E-state index < -0.39 is 11.6 Å². The minimum absolute atomic E-state index is 0. The average Bonchev–Trinajstić information content (AvgIpc) is 2.84. The first-order valence-electron chi connectivity index (χ1n) is 11.4. The smallest absolute Gasteiger partial charge is 0.609 e. The molecule has 0 aromatic heterocycles. The quantitative estimate of drug-likeness (QED) is 0.141. The summed E-state index contributed by atoms with van der Waals surface area (Å²) in [5.41, 5.74) is 0.649. The van der Waals surface area contributed by atoms with E-state index in [1.54, 1.807) is 6.29 Å². The Kier molecular flexibility index (Phi) is 30.2. The number of hydrogen-bond donors (Lipinski definition) is 0. The van der Waals surface area contributed by atoms with Crippen molar-refractivity contribution < 1.29 is 91.1 Å². The topological polar surface area (TPSA) is 60.4 Å². The summed E-state index contributed by atoms with van der Waals surface area (Å²) >= 11 is 0. The summed E-state index contributed by atoms with van der Waals surface area (Å²) in [5, 5.41) is 0. The summed E-state index contributed by atoms with van der Waals surface area (Å²) in [6.07, 6.45) is 11.4. The molecule has 0 spiro atoms. The molecule has 4 nitrogen and oxygen atoms in total. The van der Waals surface area contributed by atoms with Gasteiger partial charge in [0.25, 0.3) is 0 Å². The van der Waals surface area contributed by atoms with Crippen LogP contribution >= 0.6 is 0 Å². The van der Waals surface area contributed by atoms with Crippen LogP contribution in [-0.4, -0.2) is 18.5 Å². The molecule has 2 aromatic rings. The fourth-order valence-corrected chi connectivity index (χ4v) is 2.74. The third-order valence-corrected chi connectivity index (χ3v) is 5.24. The number of ether oxygens (including phenoxy) is 1. The van der Waals surface area contributed by atoms with Crippen LogP contribution in [0.25, 0.3) is 11.1 Å². The van der Waals surface area contributed by atoms with Gasteiger partial charge >= 0.3 is 42.1 Å². The predicted molar refractivity (Wildman–Crippen MR) is 136 cm³/mol. The van der Waals surface area contributed by atoms with Gasteiger partial charge in [-0.1, -0.05) is 39.0 Å². The van der Waals surface area contributed by atoms with Crippen LogP contribution in [0.2, 0.25) is 0 Å². The molecular weight excluding hydrogens is 1000 g/mol. The largest absolute Gasteiger partial charge is 2.00 e. The zero-order valence-corrected chi connectivity index (χ0v) is 31.3. The SMILES string of the molecule is CC(=O)c1cc(-c2ccc(F)cc2F)ccc1O[C-]=O.CC/C=C\C[C-]=O.C[CH-]C(C)C(C)[CH-]C.[W+2].[W+2].[W]. The van der Waals surface area contributed by atoms with Crippen LogP contribution in [0.3, 0.4) is 0 Å². The Hall–Kier alpha value is -1.09. The van der Waals surface area contributed by atoms with Gasteiger partial charge in [0.15, 0.2) is 6.47 Å². The molecule has 0 fully saturated rings. The molecule has 0 saturated heterocycles. The molecule has 2 rings (SSSR count). The van der Waals surface area contributed by atoms with E-state index in [4.69, 9.17) is 0 Å². The van der Waals surface area contributed by atoms with E-state index in [0.29, 0.717) is 12.0 Å². The van der Waals surface area contributed by atoms with Gasteiger partial charge in [0, 0.05) is 32.7 Å². The van der Waals surface area contributed by atoms with Crippen LogP contribution < -0.4 is 4.74 Å². The zero-order chi connectivity index (χ0) is 26.8. The monoisotopic (exact) mass is 1040 g/mol. The average molecular weight is 1040 g/mol. The predicted octanol–water partition coefficient (Wildman–Crippen LogP) is 7.43. The maximum absolute atomic E-state index is 13.7. The number of carbonyl (C=O) groups is 1. The molecule has 0 bridgehead atoms. The fraction of sp³-hybridized carbons (Fsp3) is 0.345. The van der Waals surface area contributed by atoms with Gasteiger partial charge in [-0.05, 0) is 42.4 Å². The molecule has 0 aliphatic heterocycles. The van der Waals surface area contributed by atoms with Gasteiger partial charge < -0.3 is 27.2 Å². The molecule has 206 valence electrons. The van der Waals surface area contributed by atoms with Crippen LogP contribution in [0.4, 0.5) is 8.78 Å². The molecule has 0 N–H and O–H groups in total. The molecule has 2 aromatic carbocycles. The molecular formula is C29H34F2O4W3. The normalized spacial score (nSPS) is 10.9. The molecule has 9 heteroatoms. The maximum atomic E-state index is 13.7. The van der Waals surface area contributed by atoms with E-state index in [-0.39, 0.29) is 85.9 Å². The molecule has 0 aliphatic rings. The summed E-state index contributed by atoms with van der Waals surface area (Å²) in [4.78, 5) is 31.2. The van der Waals surface area contributed by atoms with Gasteiger partial charge in [0.05, 0.1) is 0 Å². The van der Waals surface area contributed by atoms with Crippen molar-refractivity contribution in [2.75, 3.05) is 0 Å². The Morgan fingerprint density at radius 3 is 2.00 bits per heavy atom. The van der Waals surface area contributed by atoms with E-state index in [0.717, 1.165) is 30.4 Å². The van der Waals surface area contributed by atoms with Crippen molar-refractivity contribution in [1.82, 2.24) is 0 Å². The van der Waals surface area contributed by atoms with Crippen molar-refractivity contribution in [3.05, 3.63) is 78.6 Å². The molecule has 0 heterocycles. The van der Waals surface area contributed by atoms with Crippen LogP contribution in [0, 0.1) is 36.3 Å². The fourth-order valence-electron chi connectivity index (χ4n) is 2.74. The number of halogens is 2. The zero-order valence-electron chi connectivity index (χ0n) is 22.5. The second-order valence-electron chi connectivity index (χ2n) is 7.69. The van der Waals surface area contributed by atoms with Gasteiger partial charge in [-0.15, -0.1) is 18.6 Å². The second kappa shape index (κ2) is 26.2. The van der Waals surface area contributed by atoms with Gasteiger partial charge in [-0.3, -0.25) is 11.1 Å². The van der Waals surface area contributed by atoms with E-state index in [1.165, 1.54) is 37.7 Å². The van der Waals surface area contributed by atoms with Crippen molar-refractivity contribution in [2.24, 2.45) is 11.8 Å². The Morgan fingerprint density at radius 2 is 1.58 bits per heavy atom. The van der Waals surface area contributed by atoms with Crippen LogP contribution in [0.1, 0.15) is 64.7 Å². The van der Waals surface area contributed by atoms with E-state index >= 15 is 0 Å². The van der Waals surface area contributed by atoms with E-state index in [1.807, 2.05) is 19.1 Å². The molecule has 0 amide bonds. The number of carbonyl (C=O) groups excluding carboxylic acids is 3. The van der Waals surface area contributed by atoms with E-state index in [9.17, 15) is 23.2 Å². The van der Waals surface area contributed by atoms with Crippen molar-refractivity contribution in [3.8, 4) is 16.9 Å². The Labute approximate surface area is 269 Å². The molecule has 2 unspecified atom stereocenters. The first kappa shape index (κ1) is 44.0. The molecule has 38 heavy (non-hydrogen) atoms. The van der Waals surface area contributed by atoms with Crippen LogP contribution in [0.15, 0.2) is 48.6 Å². The molecule has 0 radical (unpaired) electrons. The Bertz CT molecular complexity index is 961.